The second-order valence-electron chi connectivity index (χ2n) is 6.45. The van der Waals surface area contributed by atoms with Crippen molar-refractivity contribution < 1.29 is 19.0 Å². The predicted octanol–water partition coefficient (Wildman–Crippen LogP) is 2.58. The van der Waals surface area contributed by atoms with Crippen LogP contribution in [0.15, 0.2) is 52.7 Å². The lowest BCUT2D eigenvalue weighted by Crippen LogP contribution is -2.17. The molecule has 0 saturated heterocycles. The number of thioether (sulfide) groups is 1. The summed E-state index contributed by atoms with van der Waals surface area (Å²) in [6, 6.07) is 12.6. The van der Waals surface area contributed by atoms with E-state index in [1.165, 1.54) is 11.8 Å². The zero-order valence-corrected chi connectivity index (χ0v) is 19.3. The molecule has 0 atom stereocenters. The summed E-state index contributed by atoms with van der Waals surface area (Å²) in [6.45, 7) is 2.54. The number of hydrogen-bond donors (Lipinski definition) is 3. The molecule has 0 unspecified atom stereocenters. The van der Waals surface area contributed by atoms with E-state index in [0.29, 0.717) is 28.9 Å². The average Bonchev–Trinajstić information content (AvgIpc) is 3.18. The van der Waals surface area contributed by atoms with E-state index < -0.39 is 0 Å². The number of ether oxygens (including phenoxy) is 3. The molecular weight excluding hydrogens is 446 g/mol. The molecule has 2 aromatic carbocycles. The Morgan fingerprint density at radius 3 is 2.61 bits per heavy atom. The summed E-state index contributed by atoms with van der Waals surface area (Å²) in [7, 11) is 3.07. The number of nitrogens with one attached hydrogen (secondary N) is 2. The first kappa shape index (κ1) is 23.7. The van der Waals surface area contributed by atoms with Gasteiger partial charge in [0.1, 0.15) is 17.2 Å². The van der Waals surface area contributed by atoms with Crippen LogP contribution in [0.3, 0.4) is 0 Å². The maximum Gasteiger partial charge on any atom is 0.264 e. The van der Waals surface area contributed by atoms with Gasteiger partial charge in [-0.15, -0.1) is 10.2 Å². The Bertz CT molecular complexity index is 1100. The van der Waals surface area contributed by atoms with E-state index in [0.717, 1.165) is 23.1 Å². The second-order valence-corrected chi connectivity index (χ2v) is 7.39. The number of carbonyl (C=O) groups is 1. The minimum atomic E-state index is -0.255. The van der Waals surface area contributed by atoms with Crippen LogP contribution in [0.4, 0.5) is 11.6 Å². The lowest BCUT2D eigenvalue weighted by Gasteiger charge is -2.11. The minimum Gasteiger partial charge on any atom is -0.497 e. The summed E-state index contributed by atoms with van der Waals surface area (Å²) in [5, 5.41) is 15.2. The molecule has 33 heavy (non-hydrogen) atoms. The number of amides is 1. The van der Waals surface area contributed by atoms with Crippen molar-refractivity contribution in [1.82, 2.24) is 14.9 Å². The maximum atomic E-state index is 12.4. The normalized spacial score (nSPS) is 10.8. The third-order valence-corrected chi connectivity index (χ3v) is 5.19. The molecule has 0 saturated carbocycles. The Labute approximate surface area is 195 Å². The topological polar surface area (TPSA) is 138 Å². The van der Waals surface area contributed by atoms with E-state index in [9.17, 15) is 4.79 Å². The van der Waals surface area contributed by atoms with Crippen molar-refractivity contribution in [3.63, 3.8) is 0 Å². The number of nitrogens with zero attached hydrogens (tertiary/aromatic N) is 4. The number of carbonyl (C=O) groups excluding carboxylic acids is 1. The number of methoxy groups -OCH3 is 2. The monoisotopic (exact) mass is 471 g/mol. The number of aromatic nitrogens is 3. The van der Waals surface area contributed by atoms with Crippen LogP contribution in [0.1, 0.15) is 12.5 Å². The van der Waals surface area contributed by atoms with Gasteiger partial charge in [-0.05, 0) is 48.9 Å². The fourth-order valence-corrected chi connectivity index (χ4v) is 3.31. The minimum absolute atomic E-state index is 0.0694. The molecule has 1 amide bonds. The highest BCUT2D eigenvalue weighted by molar-refractivity contribution is 7.99. The van der Waals surface area contributed by atoms with E-state index in [4.69, 9.17) is 20.1 Å². The average molecular weight is 472 g/mol. The molecule has 12 heteroatoms. The van der Waals surface area contributed by atoms with Crippen molar-refractivity contribution in [3.8, 4) is 17.2 Å². The molecule has 0 radical (unpaired) electrons. The molecule has 0 aliphatic rings. The molecule has 3 aromatic rings. The van der Waals surface area contributed by atoms with E-state index in [1.54, 1.807) is 31.5 Å². The van der Waals surface area contributed by atoms with E-state index in [2.05, 4.69) is 26.0 Å². The standard InChI is InChI=1S/C21H25N7O4S/c1-4-32-15-7-5-14(6-8-15)12-23-25-20-26-27-21(28(20)22)33-13-19(29)24-17-10-9-16(30-2)11-18(17)31-3/h5-12H,4,13,22H2,1-3H3,(H,24,29)(H,25,26)/b23-12+. The van der Waals surface area contributed by atoms with Gasteiger partial charge in [-0.3, -0.25) is 4.79 Å². The van der Waals surface area contributed by atoms with Crippen LogP contribution in [-0.2, 0) is 4.79 Å². The summed E-state index contributed by atoms with van der Waals surface area (Å²) in [6.07, 6.45) is 1.62. The first-order valence-electron chi connectivity index (χ1n) is 9.91. The molecule has 0 spiro atoms. The highest BCUT2D eigenvalue weighted by Crippen LogP contribution is 2.29. The van der Waals surface area contributed by atoms with Crippen LogP contribution in [0, 0.1) is 0 Å². The van der Waals surface area contributed by atoms with E-state index >= 15 is 0 Å². The zero-order valence-electron chi connectivity index (χ0n) is 18.4. The molecule has 3 rings (SSSR count). The summed E-state index contributed by atoms with van der Waals surface area (Å²) < 4.78 is 17.1. The number of benzene rings is 2. The van der Waals surface area contributed by atoms with Gasteiger partial charge in [-0.1, -0.05) is 11.8 Å². The van der Waals surface area contributed by atoms with Gasteiger partial charge in [0.05, 0.1) is 38.5 Å². The molecule has 174 valence electrons. The van der Waals surface area contributed by atoms with Crippen molar-refractivity contribution in [3.05, 3.63) is 48.0 Å². The van der Waals surface area contributed by atoms with Gasteiger partial charge in [-0.2, -0.15) is 5.10 Å². The molecule has 4 N–H and O–H groups in total. The van der Waals surface area contributed by atoms with Crippen molar-refractivity contribution >= 4 is 35.5 Å². The molecule has 0 aliphatic heterocycles. The number of hydrogen-bond acceptors (Lipinski definition) is 10. The zero-order chi connectivity index (χ0) is 23.6. The molecule has 0 fully saturated rings. The number of hydrazone groups is 1. The van der Waals surface area contributed by atoms with Gasteiger partial charge in [0.25, 0.3) is 5.95 Å². The van der Waals surface area contributed by atoms with Crippen LogP contribution < -0.4 is 30.8 Å². The third kappa shape index (κ3) is 6.53. The summed E-state index contributed by atoms with van der Waals surface area (Å²) >= 11 is 1.13. The van der Waals surface area contributed by atoms with Crippen LogP contribution in [0.25, 0.3) is 0 Å². The highest BCUT2D eigenvalue weighted by Gasteiger charge is 2.14. The first-order valence-corrected chi connectivity index (χ1v) is 10.9. The maximum absolute atomic E-state index is 12.4. The lowest BCUT2D eigenvalue weighted by molar-refractivity contribution is -0.113. The quantitative estimate of drug-likeness (QED) is 0.167. The summed E-state index contributed by atoms with van der Waals surface area (Å²) in [5.74, 6) is 7.96. The second kappa shape index (κ2) is 11.6. The number of nitrogens with two attached hydrogens (primary N) is 1. The highest BCUT2D eigenvalue weighted by atomic mass is 32.2. The van der Waals surface area contributed by atoms with Crippen LogP contribution in [0.5, 0.6) is 17.2 Å². The van der Waals surface area contributed by atoms with Crippen LogP contribution in [0.2, 0.25) is 0 Å². The molecular formula is C21H25N7O4S. The van der Waals surface area contributed by atoms with Crippen molar-refractivity contribution in [2.45, 2.75) is 12.1 Å². The SMILES string of the molecule is CCOc1ccc(/C=N/Nc2nnc(SCC(=O)Nc3ccc(OC)cc3OC)n2N)cc1. The van der Waals surface area contributed by atoms with E-state index in [1.807, 2.05) is 31.2 Å². The Hall–Kier alpha value is -3.93. The summed E-state index contributed by atoms with van der Waals surface area (Å²) in [5.41, 5.74) is 4.14. The number of anilines is 2. The smallest absolute Gasteiger partial charge is 0.264 e. The van der Waals surface area contributed by atoms with Crippen LogP contribution >= 0.6 is 11.8 Å². The van der Waals surface area contributed by atoms with Gasteiger partial charge in [0.15, 0.2) is 0 Å². The predicted molar refractivity (Wildman–Crippen MR) is 128 cm³/mol. The fraction of sp³-hybridized carbons (Fsp3) is 0.238. The van der Waals surface area contributed by atoms with Crippen molar-refractivity contribution in [2.24, 2.45) is 5.10 Å². The van der Waals surface area contributed by atoms with Gasteiger partial charge in [0, 0.05) is 6.07 Å². The van der Waals surface area contributed by atoms with E-state index in [-0.39, 0.29) is 17.6 Å². The molecule has 11 nitrogen and oxygen atoms in total. The largest absolute Gasteiger partial charge is 0.497 e. The number of nitrogen functional groups attached to an aromatic ring is 1. The van der Waals surface area contributed by atoms with Crippen LogP contribution in [-0.4, -0.2) is 53.6 Å². The lowest BCUT2D eigenvalue weighted by atomic mass is 10.2. The molecule has 0 aliphatic carbocycles. The van der Waals surface area contributed by atoms with Crippen molar-refractivity contribution in [1.29, 1.82) is 0 Å². The van der Waals surface area contributed by atoms with Gasteiger partial charge < -0.3 is 25.4 Å². The van der Waals surface area contributed by atoms with Gasteiger partial charge in [0.2, 0.25) is 11.1 Å². The number of rotatable bonds is 11. The summed E-state index contributed by atoms with van der Waals surface area (Å²) in [4.78, 5) is 12.4. The molecule has 1 heterocycles. The molecule has 1 aromatic heterocycles. The Morgan fingerprint density at radius 2 is 1.91 bits per heavy atom. The third-order valence-electron chi connectivity index (χ3n) is 4.25. The van der Waals surface area contributed by atoms with Crippen molar-refractivity contribution in [2.75, 3.05) is 43.2 Å². The fourth-order valence-electron chi connectivity index (χ4n) is 2.65. The molecule has 0 bridgehead atoms. The first-order chi connectivity index (χ1) is 16.0. The Balaban J connectivity index is 1.53. The van der Waals surface area contributed by atoms with Gasteiger partial charge >= 0.3 is 0 Å². The Morgan fingerprint density at radius 1 is 1.15 bits per heavy atom. The Kier molecular flexibility index (Phi) is 8.36. The van der Waals surface area contributed by atoms with Gasteiger partial charge in [-0.25, -0.2) is 10.1 Å².